The third-order valence-electron chi connectivity index (χ3n) is 3.78. The molecular formula is C17H22N2O5. The Bertz CT molecular complexity index is 673. The number of unbranched alkanes of at least 4 members (excludes halogenated alkanes) is 1. The number of methoxy groups -OCH3 is 1. The molecular weight excluding hydrogens is 312 g/mol. The minimum Gasteiger partial charge on any atom is -0.468 e. The first-order valence-corrected chi connectivity index (χ1v) is 7.77. The highest BCUT2D eigenvalue weighted by atomic mass is 16.5. The van der Waals surface area contributed by atoms with Crippen LogP contribution in [0.2, 0.25) is 0 Å². The van der Waals surface area contributed by atoms with Gasteiger partial charge in [0.25, 0.3) is 0 Å². The topological polar surface area (TPSA) is 104 Å². The van der Waals surface area contributed by atoms with Gasteiger partial charge in [-0.1, -0.05) is 13.3 Å². The van der Waals surface area contributed by atoms with Crippen molar-refractivity contribution >= 4 is 11.9 Å². The van der Waals surface area contributed by atoms with Crippen molar-refractivity contribution in [3.63, 3.8) is 0 Å². The summed E-state index contributed by atoms with van der Waals surface area (Å²) in [6.45, 7) is 4.02. The number of nitrogens with two attached hydrogens (primary N) is 1. The van der Waals surface area contributed by atoms with E-state index in [0.717, 1.165) is 12.8 Å². The minimum absolute atomic E-state index is 0.125. The van der Waals surface area contributed by atoms with Gasteiger partial charge in [0.1, 0.15) is 11.6 Å². The zero-order valence-electron chi connectivity index (χ0n) is 14.0. The van der Waals surface area contributed by atoms with Crippen LogP contribution in [0.1, 0.15) is 38.4 Å². The number of rotatable bonds is 6. The SMILES string of the molecule is CCCCOC(=O)C1=C(C)NC(N)=C(C(=O)OC)C1c1ccco1. The average Bonchev–Trinajstić information content (AvgIpc) is 3.07. The molecule has 1 atom stereocenters. The van der Waals surface area contributed by atoms with E-state index in [1.807, 2.05) is 6.92 Å². The first kappa shape index (κ1) is 17.7. The first-order valence-electron chi connectivity index (χ1n) is 7.77. The maximum atomic E-state index is 12.6. The molecule has 130 valence electrons. The Morgan fingerprint density at radius 2 is 2.08 bits per heavy atom. The van der Waals surface area contributed by atoms with Crippen molar-refractivity contribution in [2.75, 3.05) is 13.7 Å². The predicted octanol–water partition coefficient (Wildman–Crippen LogP) is 1.93. The van der Waals surface area contributed by atoms with Crippen molar-refractivity contribution < 1.29 is 23.5 Å². The van der Waals surface area contributed by atoms with Crippen molar-refractivity contribution in [1.29, 1.82) is 0 Å². The Kier molecular flexibility index (Phi) is 5.68. The fourth-order valence-corrected chi connectivity index (χ4v) is 2.59. The highest BCUT2D eigenvalue weighted by Gasteiger charge is 2.39. The van der Waals surface area contributed by atoms with Gasteiger partial charge in [-0.25, -0.2) is 9.59 Å². The summed E-state index contributed by atoms with van der Waals surface area (Å²) in [5.74, 6) is -1.37. The van der Waals surface area contributed by atoms with Crippen LogP contribution >= 0.6 is 0 Å². The van der Waals surface area contributed by atoms with Gasteiger partial charge in [-0.2, -0.15) is 0 Å². The van der Waals surface area contributed by atoms with Crippen molar-refractivity contribution in [2.45, 2.75) is 32.6 Å². The first-order chi connectivity index (χ1) is 11.5. The summed E-state index contributed by atoms with van der Waals surface area (Å²) >= 11 is 0. The molecule has 0 aromatic carbocycles. The number of esters is 2. The van der Waals surface area contributed by atoms with E-state index in [9.17, 15) is 9.59 Å². The monoisotopic (exact) mass is 334 g/mol. The fraction of sp³-hybridized carbons (Fsp3) is 0.412. The summed E-state index contributed by atoms with van der Waals surface area (Å²) in [7, 11) is 1.26. The van der Waals surface area contributed by atoms with Crippen molar-refractivity contribution in [3.8, 4) is 0 Å². The Hall–Kier alpha value is -2.70. The normalized spacial score (nSPS) is 17.5. The minimum atomic E-state index is -0.775. The Morgan fingerprint density at radius 1 is 1.33 bits per heavy atom. The number of ether oxygens (including phenoxy) is 2. The van der Waals surface area contributed by atoms with Crippen LogP contribution < -0.4 is 11.1 Å². The van der Waals surface area contributed by atoms with Crippen molar-refractivity contribution in [1.82, 2.24) is 5.32 Å². The highest BCUT2D eigenvalue weighted by molar-refractivity contribution is 5.99. The van der Waals surface area contributed by atoms with Crippen LogP contribution in [0, 0.1) is 0 Å². The van der Waals surface area contributed by atoms with Crippen molar-refractivity contribution in [2.24, 2.45) is 5.73 Å². The molecule has 0 spiro atoms. The number of nitrogens with one attached hydrogen (secondary N) is 1. The molecule has 1 unspecified atom stereocenters. The molecule has 1 aromatic heterocycles. The molecule has 0 aliphatic carbocycles. The molecule has 1 aliphatic rings. The van der Waals surface area contributed by atoms with E-state index >= 15 is 0 Å². The van der Waals surface area contributed by atoms with Gasteiger partial charge < -0.3 is 24.9 Å². The number of allylic oxidation sites excluding steroid dienone is 1. The lowest BCUT2D eigenvalue weighted by molar-refractivity contribution is -0.139. The summed E-state index contributed by atoms with van der Waals surface area (Å²) in [5.41, 5.74) is 6.90. The molecule has 0 amide bonds. The Labute approximate surface area is 140 Å². The van der Waals surface area contributed by atoms with Gasteiger partial charge in [-0.3, -0.25) is 0 Å². The summed E-state index contributed by atoms with van der Waals surface area (Å²) in [5, 5.41) is 2.85. The summed E-state index contributed by atoms with van der Waals surface area (Å²) in [6, 6.07) is 3.36. The Morgan fingerprint density at radius 3 is 2.67 bits per heavy atom. The Balaban J connectivity index is 2.45. The molecule has 0 saturated carbocycles. The van der Waals surface area contributed by atoms with E-state index in [4.69, 9.17) is 19.6 Å². The second-order valence-electron chi connectivity index (χ2n) is 5.42. The van der Waals surface area contributed by atoms with Gasteiger partial charge in [-0.05, 0) is 25.5 Å². The molecule has 2 heterocycles. The average molecular weight is 334 g/mol. The standard InChI is InChI=1S/C17H22N2O5/c1-4-5-8-24-17(21)12-10(2)19-15(18)14(16(20)22-3)13(12)11-7-6-9-23-11/h6-7,9,13,19H,4-5,8,18H2,1-3H3. The molecule has 0 saturated heterocycles. The second-order valence-corrected chi connectivity index (χ2v) is 5.42. The van der Waals surface area contributed by atoms with Gasteiger partial charge >= 0.3 is 11.9 Å². The summed E-state index contributed by atoms with van der Waals surface area (Å²) in [6.07, 6.45) is 3.14. The van der Waals surface area contributed by atoms with Crippen molar-refractivity contribution in [3.05, 3.63) is 46.8 Å². The zero-order valence-corrected chi connectivity index (χ0v) is 14.0. The van der Waals surface area contributed by atoms with E-state index in [-0.39, 0.29) is 17.0 Å². The molecule has 0 fully saturated rings. The van der Waals surface area contributed by atoms with Crippen LogP contribution in [0.25, 0.3) is 0 Å². The molecule has 24 heavy (non-hydrogen) atoms. The lowest BCUT2D eigenvalue weighted by Crippen LogP contribution is -2.36. The van der Waals surface area contributed by atoms with E-state index in [0.29, 0.717) is 18.1 Å². The number of carbonyl (C=O) groups excluding carboxylic acids is 2. The predicted molar refractivity (Wildman–Crippen MR) is 86.4 cm³/mol. The van der Waals surface area contributed by atoms with Crippen LogP contribution in [0.3, 0.4) is 0 Å². The van der Waals surface area contributed by atoms with E-state index < -0.39 is 17.9 Å². The molecule has 0 radical (unpaired) electrons. The lowest BCUT2D eigenvalue weighted by atomic mass is 9.85. The molecule has 1 aliphatic heterocycles. The molecule has 3 N–H and O–H groups in total. The number of hydrogen-bond donors (Lipinski definition) is 2. The van der Waals surface area contributed by atoms with E-state index in [1.165, 1.54) is 13.4 Å². The van der Waals surface area contributed by atoms with Gasteiger partial charge in [0.15, 0.2) is 0 Å². The molecule has 2 rings (SSSR count). The number of carbonyl (C=O) groups is 2. The van der Waals surface area contributed by atoms with Crippen LogP contribution in [0.4, 0.5) is 0 Å². The van der Waals surface area contributed by atoms with E-state index in [1.54, 1.807) is 19.1 Å². The number of dihydropyridines is 1. The van der Waals surface area contributed by atoms with Crippen LogP contribution in [-0.4, -0.2) is 25.7 Å². The largest absolute Gasteiger partial charge is 0.468 e. The third kappa shape index (κ3) is 3.45. The number of furan rings is 1. The smallest absolute Gasteiger partial charge is 0.338 e. The fourth-order valence-electron chi connectivity index (χ4n) is 2.59. The number of hydrogen-bond acceptors (Lipinski definition) is 7. The summed E-state index contributed by atoms with van der Waals surface area (Å²) in [4.78, 5) is 24.8. The summed E-state index contributed by atoms with van der Waals surface area (Å²) < 4.78 is 15.6. The maximum Gasteiger partial charge on any atom is 0.338 e. The molecule has 0 bridgehead atoms. The third-order valence-corrected chi connectivity index (χ3v) is 3.78. The lowest BCUT2D eigenvalue weighted by Gasteiger charge is -2.28. The molecule has 1 aromatic rings. The quantitative estimate of drug-likeness (QED) is 0.605. The maximum absolute atomic E-state index is 12.6. The zero-order chi connectivity index (χ0) is 17.7. The van der Waals surface area contributed by atoms with E-state index in [2.05, 4.69) is 5.32 Å². The van der Waals surface area contributed by atoms with Gasteiger partial charge in [0, 0.05) is 5.70 Å². The van der Waals surface area contributed by atoms with Gasteiger partial charge in [0.05, 0.1) is 37.0 Å². The van der Waals surface area contributed by atoms with Gasteiger partial charge in [-0.15, -0.1) is 0 Å². The molecule has 7 heteroatoms. The highest BCUT2D eigenvalue weighted by Crippen LogP contribution is 2.38. The molecule has 7 nitrogen and oxygen atoms in total. The van der Waals surface area contributed by atoms with Crippen LogP contribution in [0.5, 0.6) is 0 Å². The van der Waals surface area contributed by atoms with Crippen LogP contribution in [-0.2, 0) is 19.1 Å². The van der Waals surface area contributed by atoms with Crippen LogP contribution in [0.15, 0.2) is 45.5 Å². The van der Waals surface area contributed by atoms with Gasteiger partial charge in [0.2, 0.25) is 0 Å². The second kappa shape index (κ2) is 7.72.